The van der Waals surface area contributed by atoms with E-state index in [1.165, 1.54) is 4.90 Å². The summed E-state index contributed by atoms with van der Waals surface area (Å²) >= 11 is 1.63. The second-order valence-electron chi connectivity index (χ2n) is 7.37. The zero-order valence-corrected chi connectivity index (χ0v) is 18.6. The van der Waals surface area contributed by atoms with Crippen molar-refractivity contribution in [2.24, 2.45) is 0 Å². The van der Waals surface area contributed by atoms with Crippen LogP contribution in [0.4, 0.5) is 5.69 Å². The molecule has 1 amide bonds. The Labute approximate surface area is 175 Å². The predicted octanol–water partition coefficient (Wildman–Crippen LogP) is 4.66. The number of fused-ring (bicyclic) bond motifs is 1. The van der Waals surface area contributed by atoms with Crippen LogP contribution in [0.3, 0.4) is 0 Å². The highest BCUT2D eigenvalue weighted by atomic mass is 32.1. The van der Waals surface area contributed by atoms with E-state index in [0.29, 0.717) is 17.9 Å². The van der Waals surface area contributed by atoms with E-state index in [-0.39, 0.29) is 12.0 Å². The first-order valence-electron chi connectivity index (χ1n) is 10.0. The van der Waals surface area contributed by atoms with Gasteiger partial charge in [-0.2, -0.15) is 0 Å². The molecular weight excluding hydrogens is 388 g/mol. The van der Waals surface area contributed by atoms with E-state index in [0.717, 1.165) is 27.6 Å². The average Bonchev–Trinajstić information content (AvgIpc) is 3.04. The fourth-order valence-corrected chi connectivity index (χ4v) is 4.21. The van der Waals surface area contributed by atoms with Crippen LogP contribution >= 0.6 is 11.3 Å². The van der Waals surface area contributed by atoms with Crippen molar-refractivity contribution in [3.63, 3.8) is 0 Å². The van der Waals surface area contributed by atoms with Crippen LogP contribution in [0.1, 0.15) is 50.4 Å². The number of aromatic nitrogens is 1. The molecule has 7 heteroatoms. The monoisotopic (exact) mass is 416 g/mol. The maximum atomic E-state index is 13.1. The molecule has 0 spiro atoms. The standard InChI is InChI=1S/C22H28N2O4S/c1-7-12(3)27-22(26)13(4)24-17-11-16(20-14(5)29-15(6)23-20)9-10-19(17)28-18(8-2)21(24)25/h9-13,18H,7-8H2,1-6H3. The lowest BCUT2D eigenvalue weighted by atomic mass is 10.0. The summed E-state index contributed by atoms with van der Waals surface area (Å²) in [4.78, 5) is 33.1. The Morgan fingerprint density at radius 1 is 1.31 bits per heavy atom. The van der Waals surface area contributed by atoms with Crippen molar-refractivity contribution < 1.29 is 19.1 Å². The molecule has 3 atom stereocenters. The normalized spacial score (nSPS) is 18.1. The molecule has 0 fully saturated rings. The number of aryl methyl sites for hydroxylation is 2. The summed E-state index contributed by atoms with van der Waals surface area (Å²) in [5.41, 5.74) is 2.36. The topological polar surface area (TPSA) is 68.7 Å². The average molecular weight is 417 g/mol. The molecule has 3 unspecified atom stereocenters. The first-order valence-corrected chi connectivity index (χ1v) is 10.9. The highest BCUT2D eigenvalue weighted by molar-refractivity contribution is 7.11. The summed E-state index contributed by atoms with van der Waals surface area (Å²) in [6, 6.07) is 4.94. The number of esters is 1. The van der Waals surface area contributed by atoms with Gasteiger partial charge in [-0.3, -0.25) is 9.69 Å². The number of anilines is 1. The molecule has 2 heterocycles. The van der Waals surface area contributed by atoms with Crippen LogP contribution in [0.15, 0.2) is 18.2 Å². The van der Waals surface area contributed by atoms with Gasteiger partial charge in [0.05, 0.1) is 22.5 Å². The Bertz CT molecular complexity index is 924. The van der Waals surface area contributed by atoms with Crippen molar-refractivity contribution in [2.75, 3.05) is 4.90 Å². The number of hydrogen-bond acceptors (Lipinski definition) is 6. The molecule has 6 nitrogen and oxygen atoms in total. The van der Waals surface area contributed by atoms with E-state index in [1.54, 1.807) is 18.3 Å². The molecule has 3 rings (SSSR count). The van der Waals surface area contributed by atoms with Gasteiger partial charge in [0.2, 0.25) is 0 Å². The summed E-state index contributed by atoms with van der Waals surface area (Å²) < 4.78 is 11.4. The predicted molar refractivity (Wildman–Crippen MR) is 115 cm³/mol. The van der Waals surface area contributed by atoms with Crippen LogP contribution in [0.5, 0.6) is 5.75 Å². The van der Waals surface area contributed by atoms with Crippen molar-refractivity contribution in [1.82, 2.24) is 4.98 Å². The number of benzene rings is 1. The smallest absolute Gasteiger partial charge is 0.329 e. The van der Waals surface area contributed by atoms with E-state index < -0.39 is 18.1 Å². The fraction of sp³-hybridized carbons (Fsp3) is 0.500. The Hall–Kier alpha value is -2.41. The van der Waals surface area contributed by atoms with E-state index in [1.807, 2.05) is 52.8 Å². The zero-order valence-electron chi connectivity index (χ0n) is 17.8. The molecular formula is C22H28N2O4S. The lowest BCUT2D eigenvalue weighted by molar-refractivity contribution is -0.151. The summed E-state index contributed by atoms with van der Waals surface area (Å²) in [5, 5.41) is 0.982. The minimum absolute atomic E-state index is 0.200. The van der Waals surface area contributed by atoms with Crippen LogP contribution in [0.25, 0.3) is 11.3 Å². The maximum Gasteiger partial charge on any atom is 0.329 e. The van der Waals surface area contributed by atoms with Crippen molar-refractivity contribution in [3.8, 4) is 17.0 Å². The molecule has 0 bridgehead atoms. The van der Waals surface area contributed by atoms with Gasteiger partial charge in [0, 0.05) is 10.4 Å². The second kappa shape index (κ2) is 8.53. The Morgan fingerprint density at radius 2 is 2.03 bits per heavy atom. The van der Waals surface area contributed by atoms with Gasteiger partial charge in [-0.25, -0.2) is 9.78 Å². The van der Waals surface area contributed by atoms with Crippen molar-refractivity contribution in [2.45, 2.75) is 72.6 Å². The minimum atomic E-state index is -0.748. The van der Waals surface area contributed by atoms with Crippen LogP contribution in [-0.2, 0) is 14.3 Å². The van der Waals surface area contributed by atoms with Crippen molar-refractivity contribution >= 4 is 28.9 Å². The molecule has 1 aromatic carbocycles. The molecule has 156 valence electrons. The Morgan fingerprint density at radius 3 is 2.62 bits per heavy atom. The molecule has 1 aromatic heterocycles. The Balaban J connectivity index is 2.04. The third-order valence-corrected chi connectivity index (χ3v) is 6.06. The highest BCUT2D eigenvalue weighted by Crippen LogP contribution is 2.40. The molecule has 0 radical (unpaired) electrons. The number of rotatable bonds is 6. The largest absolute Gasteiger partial charge is 0.478 e. The maximum absolute atomic E-state index is 13.1. The van der Waals surface area contributed by atoms with E-state index in [4.69, 9.17) is 9.47 Å². The SMILES string of the molecule is CCC(C)OC(=O)C(C)N1C(=O)C(CC)Oc2ccc(-c3nc(C)sc3C)cc21. The third kappa shape index (κ3) is 4.15. The fourth-order valence-electron chi connectivity index (χ4n) is 3.37. The number of nitrogens with zero attached hydrogens (tertiary/aromatic N) is 2. The van der Waals surface area contributed by atoms with Crippen molar-refractivity contribution in [1.29, 1.82) is 0 Å². The number of ether oxygens (including phenoxy) is 2. The first kappa shape index (κ1) is 21.3. The number of hydrogen-bond donors (Lipinski definition) is 0. The van der Waals surface area contributed by atoms with Gasteiger partial charge in [0.1, 0.15) is 11.8 Å². The molecule has 0 N–H and O–H groups in total. The highest BCUT2D eigenvalue weighted by Gasteiger charge is 2.39. The third-order valence-electron chi connectivity index (χ3n) is 5.17. The quantitative estimate of drug-likeness (QED) is 0.641. The second-order valence-corrected chi connectivity index (χ2v) is 8.78. The zero-order chi connectivity index (χ0) is 21.3. The first-order chi connectivity index (χ1) is 13.8. The molecule has 0 saturated heterocycles. The Kier molecular flexibility index (Phi) is 6.27. The lowest BCUT2D eigenvalue weighted by Crippen LogP contribution is -2.52. The van der Waals surface area contributed by atoms with Gasteiger partial charge < -0.3 is 9.47 Å². The summed E-state index contributed by atoms with van der Waals surface area (Å²) in [7, 11) is 0. The minimum Gasteiger partial charge on any atom is -0.478 e. The van der Waals surface area contributed by atoms with Crippen LogP contribution in [0.2, 0.25) is 0 Å². The lowest BCUT2D eigenvalue weighted by Gasteiger charge is -2.37. The van der Waals surface area contributed by atoms with E-state index >= 15 is 0 Å². The molecule has 2 aromatic rings. The van der Waals surface area contributed by atoms with Crippen LogP contribution in [-0.4, -0.2) is 35.1 Å². The van der Waals surface area contributed by atoms with Gasteiger partial charge in [0.25, 0.3) is 5.91 Å². The van der Waals surface area contributed by atoms with Gasteiger partial charge in [-0.1, -0.05) is 13.8 Å². The molecule has 0 aliphatic carbocycles. The van der Waals surface area contributed by atoms with Gasteiger partial charge >= 0.3 is 5.97 Å². The summed E-state index contributed by atoms with van der Waals surface area (Å²) in [6.07, 6.45) is 0.426. The number of amides is 1. The number of carbonyl (C=O) groups excluding carboxylic acids is 2. The van der Waals surface area contributed by atoms with Gasteiger partial charge in [-0.15, -0.1) is 11.3 Å². The van der Waals surface area contributed by atoms with Crippen molar-refractivity contribution in [3.05, 3.63) is 28.1 Å². The molecule has 29 heavy (non-hydrogen) atoms. The van der Waals surface area contributed by atoms with E-state index in [2.05, 4.69) is 4.98 Å². The van der Waals surface area contributed by atoms with Gasteiger partial charge in [0.15, 0.2) is 6.10 Å². The molecule has 0 saturated carbocycles. The van der Waals surface area contributed by atoms with Gasteiger partial charge in [-0.05, 0) is 58.7 Å². The summed E-state index contributed by atoms with van der Waals surface area (Å²) in [6.45, 7) is 11.4. The van der Waals surface area contributed by atoms with Crippen LogP contribution in [0, 0.1) is 13.8 Å². The number of thiazole rings is 1. The molecule has 1 aliphatic heterocycles. The summed E-state index contributed by atoms with van der Waals surface area (Å²) in [5.74, 6) is -0.0496. The van der Waals surface area contributed by atoms with E-state index in [9.17, 15) is 9.59 Å². The molecule has 1 aliphatic rings. The number of carbonyl (C=O) groups is 2. The van der Waals surface area contributed by atoms with Crippen LogP contribution < -0.4 is 9.64 Å².